The molecule has 0 fully saturated rings. The number of hydrogen-bond donors (Lipinski definition) is 0. The number of rotatable bonds is 0. The molecule has 0 radical (unpaired) electrons. The van der Waals surface area contributed by atoms with Crippen molar-refractivity contribution in [1.29, 1.82) is 0 Å². The first kappa shape index (κ1) is 12.9. The van der Waals surface area contributed by atoms with Gasteiger partial charge in [0.1, 0.15) is 0 Å². The van der Waals surface area contributed by atoms with E-state index in [0.29, 0.717) is 29.0 Å². The van der Waals surface area contributed by atoms with Gasteiger partial charge in [-0.3, -0.25) is 0 Å². The second-order valence-corrected chi connectivity index (χ2v) is 12.1. The molecule has 2 heterocycles. The van der Waals surface area contributed by atoms with E-state index in [2.05, 4.69) is 69.1 Å². The fourth-order valence-corrected chi connectivity index (χ4v) is 10.4. The Kier molecular flexibility index (Phi) is 3.11. The van der Waals surface area contributed by atoms with Crippen molar-refractivity contribution in [2.45, 2.75) is 6.92 Å². The quantitative estimate of drug-likeness (QED) is 0.292. The van der Waals surface area contributed by atoms with Gasteiger partial charge in [0.05, 0.1) is 0 Å². The summed E-state index contributed by atoms with van der Waals surface area (Å²) < 4.78 is 7.25. The molecule has 0 unspecified atom stereocenters. The van der Waals surface area contributed by atoms with E-state index in [1.165, 1.54) is 25.3 Å². The topological polar surface area (TPSA) is 0 Å². The van der Waals surface area contributed by atoms with E-state index in [1.54, 1.807) is 17.0 Å². The number of aryl methyl sites for hydroxylation is 1. The predicted molar refractivity (Wildman–Crippen MR) is 93.0 cm³/mol. The van der Waals surface area contributed by atoms with Crippen LogP contribution in [-0.2, 0) is 0 Å². The fourth-order valence-electron chi connectivity index (χ4n) is 2.42. The Hall–Kier alpha value is 0.179. The van der Waals surface area contributed by atoms with Crippen molar-refractivity contribution in [3.63, 3.8) is 0 Å². The maximum absolute atomic E-state index is 3.66. The van der Waals surface area contributed by atoms with Gasteiger partial charge in [0.25, 0.3) is 0 Å². The zero-order chi connectivity index (χ0) is 13.1. The second-order valence-electron chi connectivity index (χ2n) is 4.60. The van der Waals surface area contributed by atoms with Gasteiger partial charge in [-0.2, -0.15) is 0 Å². The van der Waals surface area contributed by atoms with Gasteiger partial charge in [0.15, 0.2) is 0 Å². The average molecular weight is 506 g/mol. The minimum atomic E-state index is 0.520. The normalized spacial score (nSPS) is 11.9. The summed E-state index contributed by atoms with van der Waals surface area (Å²) in [6.45, 7) is 2.18. The molecule has 4 heteroatoms. The molecule has 0 aliphatic carbocycles. The Balaban J connectivity index is 2.25. The molecule has 0 nitrogen and oxygen atoms in total. The molecule has 0 atom stereocenters. The Bertz CT molecular complexity index is 947. The Morgan fingerprint density at radius 2 is 1.63 bits per heavy atom. The van der Waals surface area contributed by atoms with Crippen LogP contribution in [0.3, 0.4) is 0 Å². The van der Waals surface area contributed by atoms with Crippen LogP contribution >= 0.6 is 31.9 Å². The van der Waals surface area contributed by atoms with E-state index >= 15 is 0 Å². The van der Waals surface area contributed by atoms with Gasteiger partial charge in [-0.1, -0.05) is 0 Å². The first-order valence-electron chi connectivity index (χ1n) is 5.84. The maximum atomic E-state index is 3.66. The Labute approximate surface area is 139 Å². The molecule has 4 rings (SSSR count). The monoisotopic (exact) mass is 506 g/mol. The summed E-state index contributed by atoms with van der Waals surface area (Å²) in [6.07, 6.45) is 0. The van der Waals surface area contributed by atoms with Crippen molar-refractivity contribution in [3.05, 3.63) is 44.8 Å². The number of halogens is 2. The molecular formula is C15H8Br2Se2. The third-order valence-electron chi connectivity index (χ3n) is 3.35. The summed E-state index contributed by atoms with van der Waals surface area (Å²) in [5, 5.41) is 4.51. The molecule has 2 aromatic carbocycles. The van der Waals surface area contributed by atoms with Crippen molar-refractivity contribution in [2.75, 3.05) is 0 Å². The van der Waals surface area contributed by atoms with Gasteiger partial charge in [0.2, 0.25) is 0 Å². The van der Waals surface area contributed by atoms with E-state index in [-0.39, 0.29) is 0 Å². The molecule has 0 amide bonds. The van der Waals surface area contributed by atoms with E-state index in [0.717, 1.165) is 0 Å². The standard InChI is InChI=1S/C15H8Br2Se2/c1-7-4-10-13(6-11(7)17)19-15-14(10)9-3-2-8(16)5-12(9)18-15/h2-6H,1H3. The third kappa shape index (κ3) is 1.97. The van der Waals surface area contributed by atoms with Gasteiger partial charge in [0, 0.05) is 0 Å². The van der Waals surface area contributed by atoms with Crippen LogP contribution in [0.4, 0.5) is 0 Å². The first-order chi connectivity index (χ1) is 9.13. The summed E-state index contributed by atoms with van der Waals surface area (Å²) in [5.41, 5.74) is 1.33. The van der Waals surface area contributed by atoms with Gasteiger partial charge in [-0.25, -0.2) is 0 Å². The van der Waals surface area contributed by atoms with Gasteiger partial charge in [-0.15, -0.1) is 0 Å². The summed E-state index contributed by atoms with van der Waals surface area (Å²) in [4.78, 5) is 0. The van der Waals surface area contributed by atoms with E-state index in [4.69, 9.17) is 0 Å². The van der Waals surface area contributed by atoms with Gasteiger partial charge >= 0.3 is 140 Å². The summed E-state index contributed by atoms with van der Waals surface area (Å²) in [6, 6.07) is 11.4. The van der Waals surface area contributed by atoms with E-state index in [1.807, 2.05) is 0 Å². The SMILES string of the molecule is Cc1cc2c(cc1Br)[se]c1[se]c3cc(Br)ccc3c12. The Morgan fingerprint density at radius 1 is 0.895 bits per heavy atom. The van der Waals surface area contributed by atoms with Crippen LogP contribution in [0.25, 0.3) is 27.8 Å². The molecule has 2 aromatic heterocycles. The molecule has 0 saturated heterocycles. The number of benzene rings is 2. The molecule has 0 spiro atoms. The van der Waals surface area contributed by atoms with Crippen LogP contribution < -0.4 is 0 Å². The van der Waals surface area contributed by atoms with Crippen LogP contribution in [0.2, 0.25) is 0 Å². The fraction of sp³-hybridized carbons (Fsp3) is 0.0667. The molecule has 94 valence electrons. The summed E-state index contributed by atoms with van der Waals surface area (Å²) in [5.74, 6) is 0. The summed E-state index contributed by atoms with van der Waals surface area (Å²) in [7, 11) is 0. The zero-order valence-electron chi connectivity index (χ0n) is 9.96. The van der Waals surface area contributed by atoms with Crippen molar-refractivity contribution < 1.29 is 0 Å². The molecule has 0 aliphatic rings. The minimum absolute atomic E-state index is 0.520. The van der Waals surface area contributed by atoms with Crippen LogP contribution in [0.1, 0.15) is 5.56 Å². The van der Waals surface area contributed by atoms with Crippen molar-refractivity contribution in [2.24, 2.45) is 0 Å². The first-order valence-corrected chi connectivity index (χ1v) is 10.8. The molecule has 0 aliphatic heterocycles. The summed E-state index contributed by atoms with van der Waals surface area (Å²) >= 11 is 8.29. The zero-order valence-corrected chi connectivity index (χ0v) is 16.6. The molecule has 0 N–H and O–H groups in total. The average Bonchev–Trinajstić information content (AvgIpc) is 2.85. The van der Waals surface area contributed by atoms with E-state index < -0.39 is 0 Å². The third-order valence-corrected chi connectivity index (χ3v) is 10.5. The van der Waals surface area contributed by atoms with Crippen LogP contribution in [0, 0.1) is 6.92 Å². The molecule has 4 aromatic rings. The molecule has 19 heavy (non-hydrogen) atoms. The van der Waals surface area contributed by atoms with Crippen LogP contribution in [0.15, 0.2) is 39.3 Å². The van der Waals surface area contributed by atoms with Crippen molar-refractivity contribution in [3.8, 4) is 0 Å². The molecule has 0 bridgehead atoms. The van der Waals surface area contributed by atoms with Crippen molar-refractivity contribution >= 4 is 88.7 Å². The van der Waals surface area contributed by atoms with Gasteiger partial charge in [-0.05, 0) is 0 Å². The molecule has 0 saturated carbocycles. The number of fused-ring (bicyclic) bond motifs is 5. The van der Waals surface area contributed by atoms with E-state index in [9.17, 15) is 0 Å². The van der Waals surface area contributed by atoms with Crippen LogP contribution in [-0.4, -0.2) is 29.0 Å². The molecular weight excluding hydrogens is 498 g/mol. The second kappa shape index (κ2) is 4.59. The number of hydrogen-bond acceptors (Lipinski definition) is 0. The predicted octanol–water partition coefficient (Wildman–Crippen LogP) is 5.09. The Morgan fingerprint density at radius 3 is 2.42 bits per heavy atom. The van der Waals surface area contributed by atoms with Gasteiger partial charge < -0.3 is 0 Å². The van der Waals surface area contributed by atoms with Crippen LogP contribution in [0.5, 0.6) is 0 Å². The van der Waals surface area contributed by atoms with Crippen molar-refractivity contribution in [1.82, 2.24) is 0 Å².